The molecule has 76 valence electrons. The van der Waals surface area contributed by atoms with Crippen molar-refractivity contribution in [3.8, 4) is 0 Å². The minimum Gasteiger partial charge on any atom is -0.480 e. The van der Waals surface area contributed by atoms with Crippen molar-refractivity contribution in [3.05, 3.63) is 0 Å². The first kappa shape index (κ1) is 11.4. The summed E-state index contributed by atoms with van der Waals surface area (Å²) in [6.07, 6.45) is 0.693. The van der Waals surface area contributed by atoms with Gasteiger partial charge in [-0.1, -0.05) is 6.92 Å². The SMILES string of the molecule is [B]C(=O)N1CSC(C)(CC)C1C(=O)O. The summed E-state index contributed by atoms with van der Waals surface area (Å²) in [5.74, 6) is -1.29. The zero-order valence-corrected chi connectivity index (χ0v) is 9.00. The quantitative estimate of drug-likeness (QED) is 0.692. The molecule has 0 aromatic heterocycles. The van der Waals surface area contributed by atoms with Gasteiger partial charge in [-0.15, -0.1) is 11.8 Å². The number of amides is 1. The molecule has 2 radical (unpaired) electrons. The molecule has 0 aliphatic carbocycles. The molecule has 0 aromatic rings. The number of carbonyl (C=O) groups is 2. The molecule has 1 aliphatic heterocycles. The van der Waals surface area contributed by atoms with Crippen molar-refractivity contribution in [2.75, 3.05) is 5.88 Å². The number of thioether (sulfide) groups is 1. The van der Waals surface area contributed by atoms with E-state index in [4.69, 9.17) is 13.0 Å². The van der Waals surface area contributed by atoms with Crippen LogP contribution in [0.2, 0.25) is 0 Å². The highest BCUT2D eigenvalue weighted by Gasteiger charge is 2.48. The van der Waals surface area contributed by atoms with Gasteiger partial charge in [-0.2, -0.15) is 0 Å². The maximum atomic E-state index is 11.0. The van der Waals surface area contributed by atoms with Crippen LogP contribution in [-0.2, 0) is 4.79 Å². The van der Waals surface area contributed by atoms with Gasteiger partial charge in [0.25, 0.3) is 0 Å². The first-order valence-corrected chi connectivity index (χ1v) is 5.33. The number of carboxylic acids is 1. The molecule has 1 saturated heterocycles. The highest BCUT2D eigenvalue weighted by Crippen LogP contribution is 2.41. The van der Waals surface area contributed by atoms with E-state index in [2.05, 4.69) is 0 Å². The van der Waals surface area contributed by atoms with Crippen molar-refractivity contribution >= 4 is 31.4 Å². The fourth-order valence-corrected chi connectivity index (χ4v) is 2.88. The van der Waals surface area contributed by atoms with E-state index < -0.39 is 22.6 Å². The van der Waals surface area contributed by atoms with Gasteiger partial charge >= 0.3 is 5.97 Å². The van der Waals surface area contributed by atoms with Crippen molar-refractivity contribution in [3.63, 3.8) is 0 Å². The van der Waals surface area contributed by atoms with Crippen LogP contribution in [0.1, 0.15) is 20.3 Å². The van der Waals surface area contributed by atoms with Gasteiger partial charge < -0.3 is 10.0 Å². The fraction of sp³-hybridized carbons (Fsp3) is 0.750. The van der Waals surface area contributed by atoms with E-state index >= 15 is 0 Å². The second-order valence-corrected chi connectivity index (χ2v) is 4.97. The maximum absolute atomic E-state index is 11.0. The van der Waals surface area contributed by atoms with Crippen molar-refractivity contribution in [1.29, 1.82) is 0 Å². The average molecular weight is 213 g/mol. The average Bonchev–Trinajstić information content (AvgIpc) is 2.44. The van der Waals surface area contributed by atoms with E-state index in [1.165, 1.54) is 16.7 Å². The number of hydrogen-bond donors (Lipinski definition) is 1. The normalized spacial score (nSPS) is 31.9. The largest absolute Gasteiger partial charge is 0.480 e. The number of hydrogen-bond acceptors (Lipinski definition) is 3. The van der Waals surface area contributed by atoms with Crippen LogP contribution in [0.3, 0.4) is 0 Å². The van der Waals surface area contributed by atoms with E-state index in [9.17, 15) is 9.59 Å². The summed E-state index contributed by atoms with van der Waals surface area (Å²) in [6.45, 7) is 3.76. The van der Waals surface area contributed by atoms with Crippen molar-refractivity contribution in [2.45, 2.75) is 31.1 Å². The number of rotatable bonds is 2. The molecule has 1 amide bonds. The summed E-state index contributed by atoms with van der Waals surface area (Å²) >= 11 is 1.46. The summed E-state index contributed by atoms with van der Waals surface area (Å²) in [5.41, 5.74) is 0. The van der Waals surface area contributed by atoms with Gasteiger partial charge in [0.15, 0.2) is 5.81 Å². The molecule has 0 saturated carbocycles. The van der Waals surface area contributed by atoms with Gasteiger partial charge in [-0.05, 0) is 13.3 Å². The van der Waals surface area contributed by atoms with E-state index in [1.807, 2.05) is 13.8 Å². The lowest BCUT2D eigenvalue weighted by atomic mass is 9.95. The Hall–Kier alpha value is -0.645. The molecule has 6 heteroatoms. The zero-order valence-electron chi connectivity index (χ0n) is 8.19. The van der Waals surface area contributed by atoms with Crippen LogP contribution in [-0.4, -0.2) is 46.3 Å². The lowest BCUT2D eigenvalue weighted by Crippen LogP contribution is -2.49. The van der Waals surface area contributed by atoms with E-state index in [0.29, 0.717) is 12.3 Å². The third kappa shape index (κ3) is 1.75. The molecule has 1 rings (SSSR count). The van der Waals surface area contributed by atoms with Gasteiger partial charge in [0, 0.05) is 4.75 Å². The predicted octanol–water partition coefficient (Wildman–Crippen LogP) is 0.903. The minimum atomic E-state index is -0.988. The van der Waals surface area contributed by atoms with Gasteiger partial charge in [0.05, 0.1) is 5.88 Å². The highest BCUT2D eigenvalue weighted by atomic mass is 32.2. The van der Waals surface area contributed by atoms with Gasteiger partial charge in [-0.25, -0.2) is 4.79 Å². The highest BCUT2D eigenvalue weighted by molar-refractivity contribution is 8.01. The molecule has 2 atom stereocenters. The zero-order chi connectivity index (χ0) is 10.9. The molecule has 1 fully saturated rings. The lowest BCUT2D eigenvalue weighted by molar-refractivity contribution is -0.142. The number of carboxylic acid groups (broad SMARTS) is 1. The summed E-state index contributed by atoms with van der Waals surface area (Å²) in [7, 11) is 5.11. The molecular formula is C8H12BNO3S. The Labute approximate surface area is 88.4 Å². The molecule has 0 spiro atoms. The van der Waals surface area contributed by atoms with Crippen LogP contribution >= 0.6 is 11.8 Å². The molecule has 14 heavy (non-hydrogen) atoms. The Balaban J connectivity index is 2.96. The van der Waals surface area contributed by atoms with Gasteiger partial charge in [-0.3, -0.25) is 4.79 Å². The van der Waals surface area contributed by atoms with Crippen LogP contribution in [0.5, 0.6) is 0 Å². The second kappa shape index (κ2) is 3.84. The minimum absolute atomic E-state index is 0.358. The number of carbonyl (C=O) groups excluding carboxylic acids is 1. The monoisotopic (exact) mass is 213 g/mol. The Morgan fingerprint density at radius 1 is 1.71 bits per heavy atom. The fourth-order valence-electron chi connectivity index (χ4n) is 1.58. The summed E-state index contributed by atoms with van der Waals surface area (Å²) < 4.78 is -0.430. The van der Waals surface area contributed by atoms with Gasteiger partial charge in [0.2, 0.25) is 7.85 Å². The maximum Gasteiger partial charge on any atom is 0.327 e. The smallest absolute Gasteiger partial charge is 0.327 e. The number of aliphatic carboxylic acids is 1. The van der Waals surface area contributed by atoms with E-state index in [1.54, 1.807) is 0 Å². The molecule has 1 heterocycles. The number of nitrogens with zero attached hydrogens (tertiary/aromatic N) is 1. The molecule has 2 unspecified atom stereocenters. The third-order valence-electron chi connectivity index (χ3n) is 2.64. The van der Waals surface area contributed by atoms with E-state index in [0.717, 1.165) is 0 Å². The summed E-state index contributed by atoms with van der Waals surface area (Å²) in [5, 5.41) is 9.04. The van der Waals surface area contributed by atoms with Crippen molar-refractivity contribution in [2.24, 2.45) is 0 Å². The Bertz CT molecular complexity index is 273. The molecule has 4 nitrogen and oxygen atoms in total. The molecule has 1 N–H and O–H groups in total. The second-order valence-electron chi connectivity index (χ2n) is 3.49. The van der Waals surface area contributed by atoms with Gasteiger partial charge in [0.1, 0.15) is 6.04 Å². The van der Waals surface area contributed by atoms with Crippen LogP contribution in [0.15, 0.2) is 0 Å². The Kier molecular flexibility index (Phi) is 3.14. The standard InChI is InChI=1S/C8H12BNO3S/c1-3-8(2)5(6(11)12)10(4-14-8)7(9)13/h5H,3-4H2,1-2H3,(H,11,12). The predicted molar refractivity (Wildman–Crippen MR) is 55.6 cm³/mol. The first-order chi connectivity index (χ1) is 6.42. The first-order valence-electron chi connectivity index (χ1n) is 4.35. The van der Waals surface area contributed by atoms with Crippen LogP contribution in [0.4, 0.5) is 4.79 Å². The van der Waals surface area contributed by atoms with E-state index in [-0.39, 0.29) is 0 Å². The summed E-state index contributed by atoms with van der Waals surface area (Å²) in [6, 6.07) is -0.810. The van der Waals surface area contributed by atoms with Crippen molar-refractivity contribution in [1.82, 2.24) is 4.90 Å². The van der Waals surface area contributed by atoms with Crippen LogP contribution < -0.4 is 0 Å². The molecule has 0 aromatic carbocycles. The summed E-state index contributed by atoms with van der Waals surface area (Å²) in [4.78, 5) is 23.2. The van der Waals surface area contributed by atoms with Crippen LogP contribution in [0, 0.1) is 0 Å². The third-order valence-corrected chi connectivity index (χ3v) is 4.22. The Morgan fingerprint density at radius 2 is 2.29 bits per heavy atom. The molecular weight excluding hydrogens is 201 g/mol. The Morgan fingerprint density at radius 3 is 2.64 bits per heavy atom. The van der Waals surface area contributed by atoms with Crippen LogP contribution in [0.25, 0.3) is 0 Å². The van der Waals surface area contributed by atoms with Crippen molar-refractivity contribution < 1.29 is 14.7 Å². The molecule has 1 aliphatic rings. The lowest BCUT2D eigenvalue weighted by Gasteiger charge is -2.29. The molecule has 0 bridgehead atoms. The topological polar surface area (TPSA) is 57.6 Å².